The van der Waals surface area contributed by atoms with E-state index >= 15 is 0 Å². The minimum absolute atomic E-state index is 0.0633. The van der Waals surface area contributed by atoms with Gasteiger partial charge in [-0.1, -0.05) is 30.3 Å². The molecular formula is C20H24N6O2. The second kappa shape index (κ2) is 7.55. The van der Waals surface area contributed by atoms with Crippen LogP contribution in [0.15, 0.2) is 36.4 Å². The van der Waals surface area contributed by atoms with Crippen LogP contribution in [0, 0.1) is 6.92 Å². The SMILES string of the molecule is COCCN1Cc2nnc(-c3cc(C)nn3C)n2[C@H](Cc2ccccc2)C1=O. The van der Waals surface area contributed by atoms with E-state index in [0.717, 1.165) is 22.8 Å². The first kappa shape index (κ1) is 18.4. The molecule has 3 heterocycles. The maximum Gasteiger partial charge on any atom is 0.246 e. The Labute approximate surface area is 163 Å². The standard InChI is InChI=1S/C20H24N6O2/c1-14-11-16(24(2)23-14)19-22-21-18-13-25(9-10-28-3)20(27)17(26(18)19)12-15-7-5-4-6-8-15/h4-8,11,17H,9-10,12-13H2,1-3H3/t17-/m1/s1. The number of carbonyl (C=O) groups excluding carboxylic acids is 1. The molecule has 1 atom stereocenters. The van der Waals surface area contributed by atoms with Gasteiger partial charge in [0.1, 0.15) is 11.7 Å². The van der Waals surface area contributed by atoms with Gasteiger partial charge < -0.3 is 9.64 Å². The molecule has 0 fully saturated rings. The van der Waals surface area contributed by atoms with E-state index in [1.54, 1.807) is 16.7 Å². The van der Waals surface area contributed by atoms with E-state index in [0.29, 0.717) is 31.9 Å². The van der Waals surface area contributed by atoms with Gasteiger partial charge in [-0.3, -0.25) is 14.0 Å². The van der Waals surface area contributed by atoms with Crippen molar-refractivity contribution in [2.75, 3.05) is 20.3 Å². The Balaban J connectivity index is 1.78. The lowest BCUT2D eigenvalue weighted by Gasteiger charge is -2.33. The van der Waals surface area contributed by atoms with E-state index in [-0.39, 0.29) is 5.91 Å². The third-order valence-electron chi connectivity index (χ3n) is 5.08. The number of aromatic nitrogens is 5. The van der Waals surface area contributed by atoms with E-state index in [1.165, 1.54) is 0 Å². The van der Waals surface area contributed by atoms with Crippen LogP contribution in [0.5, 0.6) is 0 Å². The molecule has 8 heteroatoms. The summed E-state index contributed by atoms with van der Waals surface area (Å²) in [7, 11) is 3.52. The normalized spacial score (nSPS) is 16.5. The summed E-state index contributed by atoms with van der Waals surface area (Å²) in [6.07, 6.45) is 0.581. The molecule has 4 rings (SSSR count). The smallest absolute Gasteiger partial charge is 0.246 e. The van der Waals surface area contributed by atoms with Crippen LogP contribution in [0.4, 0.5) is 0 Å². The quantitative estimate of drug-likeness (QED) is 0.651. The average molecular weight is 380 g/mol. The Hall–Kier alpha value is -3.00. The van der Waals surface area contributed by atoms with Crippen molar-refractivity contribution in [2.45, 2.75) is 25.9 Å². The van der Waals surface area contributed by atoms with Gasteiger partial charge in [0.15, 0.2) is 11.6 Å². The largest absolute Gasteiger partial charge is 0.383 e. The summed E-state index contributed by atoms with van der Waals surface area (Å²) in [6, 6.07) is 11.6. The zero-order chi connectivity index (χ0) is 19.7. The summed E-state index contributed by atoms with van der Waals surface area (Å²) in [5.74, 6) is 1.53. The highest BCUT2D eigenvalue weighted by molar-refractivity contribution is 5.82. The van der Waals surface area contributed by atoms with Crippen LogP contribution >= 0.6 is 0 Å². The highest BCUT2D eigenvalue weighted by Crippen LogP contribution is 2.30. The molecule has 146 valence electrons. The van der Waals surface area contributed by atoms with Gasteiger partial charge in [0, 0.05) is 27.1 Å². The fraction of sp³-hybridized carbons (Fsp3) is 0.400. The highest BCUT2D eigenvalue weighted by atomic mass is 16.5. The average Bonchev–Trinajstić information content (AvgIpc) is 3.25. The second-order valence-corrected chi connectivity index (χ2v) is 7.06. The topological polar surface area (TPSA) is 78.1 Å². The van der Waals surface area contributed by atoms with Gasteiger partial charge in [0.2, 0.25) is 5.91 Å². The van der Waals surface area contributed by atoms with Crippen LogP contribution in [0.2, 0.25) is 0 Å². The van der Waals surface area contributed by atoms with Gasteiger partial charge in [-0.15, -0.1) is 10.2 Å². The Kier molecular flexibility index (Phi) is 4.95. The Morgan fingerprint density at radius 1 is 1.21 bits per heavy atom. The summed E-state index contributed by atoms with van der Waals surface area (Å²) in [4.78, 5) is 15.1. The molecule has 0 bridgehead atoms. The Morgan fingerprint density at radius 3 is 2.68 bits per heavy atom. The van der Waals surface area contributed by atoms with Crippen LogP contribution < -0.4 is 0 Å². The zero-order valence-electron chi connectivity index (χ0n) is 16.4. The lowest BCUT2D eigenvalue weighted by Crippen LogP contribution is -2.45. The Bertz CT molecular complexity index is 978. The summed E-state index contributed by atoms with van der Waals surface area (Å²) in [5.41, 5.74) is 2.85. The molecule has 8 nitrogen and oxygen atoms in total. The first-order valence-electron chi connectivity index (χ1n) is 9.35. The van der Waals surface area contributed by atoms with E-state index < -0.39 is 6.04 Å². The van der Waals surface area contributed by atoms with Crippen molar-refractivity contribution in [3.63, 3.8) is 0 Å². The molecule has 0 N–H and O–H groups in total. The molecule has 0 saturated carbocycles. The van der Waals surface area contributed by atoms with Crippen molar-refractivity contribution < 1.29 is 9.53 Å². The summed E-state index contributed by atoms with van der Waals surface area (Å²) in [5, 5.41) is 13.3. The molecule has 1 aromatic carbocycles. The number of hydrogen-bond acceptors (Lipinski definition) is 5. The molecule has 0 saturated heterocycles. The number of ether oxygens (including phenoxy) is 1. The third-order valence-corrected chi connectivity index (χ3v) is 5.08. The summed E-state index contributed by atoms with van der Waals surface area (Å²) < 4.78 is 8.95. The van der Waals surface area contributed by atoms with Gasteiger partial charge in [0.25, 0.3) is 0 Å². The molecule has 0 spiro atoms. The number of fused-ring (bicyclic) bond motifs is 1. The number of carbonyl (C=O) groups is 1. The van der Waals surface area contributed by atoms with Gasteiger partial charge >= 0.3 is 0 Å². The van der Waals surface area contributed by atoms with Crippen molar-refractivity contribution >= 4 is 5.91 Å². The molecule has 28 heavy (non-hydrogen) atoms. The molecule has 2 aromatic heterocycles. The van der Waals surface area contributed by atoms with Crippen molar-refractivity contribution in [2.24, 2.45) is 7.05 Å². The van der Waals surface area contributed by atoms with Gasteiger partial charge in [-0.25, -0.2) is 0 Å². The van der Waals surface area contributed by atoms with E-state index in [1.807, 2.05) is 54.9 Å². The zero-order valence-corrected chi connectivity index (χ0v) is 16.4. The van der Waals surface area contributed by atoms with E-state index in [9.17, 15) is 4.79 Å². The van der Waals surface area contributed by atoms with Crippen molar-refractivity contribution in [1.82, 2.24) is 29.4 Å². The van der Waals surface area contributed by atoms with Gasteiger partial charge in [-0.05, 0) is 18.6 Å². The number of hydrogen-bond donors (Lipinski definition) is 0. The van der Waals surface area contributed by atoms with E-state index in [2.05, 4.69) is 15.3 Å². The fourth-order valence-corrected chi connectivity index (χ4v) is 3.73. The molecule has 0 unspecified atom stereocenters. The van der Waals surface area contributed by atoms with Crippen LogP contribution in [-0.4, -0.2) is 55.6 Å². The third kappa shape index (κ3) is 3.31. The molecular weight excluding hydrogens is 356 g/mol. The van der Waals surface area contributed by atoms with E-state index in [4.69, 9.17) is 4.74 Å². The fourth-order valence-electron chi connectivity index (χ4n) is 3.73. The number of amides is 1. The van der Waals surface area contributed by atoms with Gasteiger partial charge in [-0.2, -0.15) is 5.10 Å². The monoisotopic (exact) mass is 380 g/mol. The number of benzene rings is 1. The molecule has 3 aromatic rings. The lowest BCUT2D eigenvalue weighted by atomic mass is 10.0. The number of methoxy groups -OCH3 is 1. The molecule has 1 amide bonds. The summed E-state index contributed by atoms with van der Waals surface area (Å²) >= 11 is 0. The second-order valence-electron chi connectivity index (χ2n) is 7.06. The predicted molar refractivity (Wildman–Crippen MR) is 103 cm³/mol. The van der Waals surface area contributed by atoms with Gasteiger partial charge in [0.05, 0.1) is 18.8 Å². The molecule has 1 aliphatic heterocycles. The van der Waals surface area contributed by atoms with Crippen LogP contribution in [0.25, 0.3) is 11.5 Å². The molecule has 0 radical (unpaired) electrons. The van der Waals surface area contributed by atoms with Crippen molar-refractivity contribution in [3.05, 3.63) is 53.5 Å². The molecule has 1 aliphatic rings. The van der Waals surface area contributed by atoms with Crippen molar-refractivity contribution in [3.8, 4) is 11.5 Å². The maximum absolute atomic E-state index is 13.3. The molecule has 0 aliphatic carbocycles. The highest BCUT2D eigenvalue weighted by Gasteiger charge is 2.36. The van der Waals surface area contributed by atoms with Crippen LogP contribution in [0.3, 0.4) is 0 Å². The Morgan fingerprint density at radius 2 is 2.00 bits per heavy atom. The number of rotatable bonds is 6. The minimum Gasteiger partial charge on any atom is -0.383 e. The minimum atomic E-state index is -0.400. The first-order chi connectivity index (χ1) is 13.6. The van der Waals surface area contributed by atoms with Crippen LogP contribution in [-0.2, 0) is 29.5 Å². The number of nitrogens with zero attached hydrogens (tertiary/aromatic N) is 6. The summed E-state index contributed by atoms with van der Waals surface area (Å²) in [6.45, 7) is 3.40. The number of aryl methyl sites for hydroxylation is 2. The maximum atomic E-state index is 13.3. The van der Waals surface area contributed by atoms with Crippen LogP contribution in [0.1, 0.15) is 23.1 Å². The predicted octanol–water partition coefficient (Wildman–Crippen LogP) is 1.76. The first-order valence-corrected chi connectivity index (χ1v) is 9.35. The lowest BCUT2D eigenvalue weighted by molar-refractivity contribution is -0.138. The van der Waals surface area contributed by atoms with Crippen molar-refractivity contribution in [1.29, 1.82) is 0 Å².